The minimum Gasteiger partial charge on any atom is -0.309 e. The Kier molecular flexibility index (Phi) is 3.14. The van der Waals surface area contributed by atoms with E-state index in [-0.39, 0.29) is 18.9 Å². The molecule has 4 nitrogen and oxygen atoms in total. The molecule has 2 rings (SSSR count). The van der Waals surface area contributed by atoms with Crippen molar-refractivity contribution in [2.45, 2.75) is 25.6 Å². The largest absolute Gasteiger partial charge is 0.309 e. The Hall–Kier alpha value is -1.49. The number of amides is 1. The maximum Gasteiger partial charge on any atom is 0.242 e. The van der Waals surface area contributed by atoms with Crippen molar-refractivity contribution in [2.24, 2.45) is 0 Å². The summed E-state index contributed by atoms with van der Waals surface area (Å²) in [4.78, 5) is 15.7. The SMILES string of the molecule is Cc1ccc(NC(=O)[C@@H]2C[C@H](F)CN2)nc1. The Bertz CT molecular complexity index is 379. The first-order valence-corrected chi connectivity index (χ1v) is 5.26. The van der Waals surface area contributed by atoms with Crippen molar-refractivity contribution in [3.05, 3.63) is 23.9 Å². The molecule has 0 aliphatic carbocycles. The van der Waals surface area contributed by atoms with Crippen LogP contribution in [0.1, 0.15) is 12.0 Å². The molecule has 86 valence electrons. The van der Waals surface area contributed by atoms with Gasteiger partial charge in [0.05, 0.1) is 6.04 Å². The Morgan fingerprint density at radius 1 is 1.62 bits per heavy atom. The summed E-state index contributed by atoms with van der Waals surface area (Å²) in [5, 5.41) is 5.48. The van der Waals surface area contributed by atoms with Crippen LogP contribution in [0.15, 0.2) is 18.3 Å². The van der Waals surface area contributed by atoms with Gasteiger partial charge >= 0.3 is 0 Å². The first-order chi connectivity index (χ1) is 7.65. The second-order valence-electron chi connectivity index (χ2n) is 4.00. The van der Waals surface area contributed by atoms with Crippen LogP contribution in [0.5, 0.6) is 0 Å². The molecule has 0 unspecified atom stereocenters. The molecule has 0 saturated carbocycles. The van der Waals surface area contributed by atoms with Gasteiger partial charge in [-0.2, -0.15) is 0 Å². The average Bonchev–Trinajstić information content (AvgIpc) is 2.68. The number of anilines is 1. The van der Waals surface area contributed by atoms with Gasteiger partial charge in [-0.25, -0.2) is 9.37 Å². The molecule has 0 spiro atoms. The Morgan fingerprint density at radius 2 is 2.44 bits per heavy atom. The minimum absolute atomic E-state index is 0.225. The lowest BCUT2D eigenvalue weighted by molar-refractivity contribution is -0.117. The van der Waals surface area contributed by atoms with E-state index in [9.17, 15) is 9.18 Å². The van der Waals surface area contributed by atoms with Crippen molar-refractivity contribution in [1.82, 2.24) is 10.3 Å². The van der Waals surface area contributed by atoms with E-state index >= 15 is 0 Å². The average molecular weight is 223 g/mol. The second kappa shape index (κ2) is 4.57. The summed E-state index contributed by atoms with van der Waals surface area (Å²) in [7, 11) is 0. The molecule has 16 heavy (non-hydrogen) atoms. The molecule has 0 radical (unpaired) electrons. The maximum atomic E-state index is 12.9. The molecular weight excluding hydrogens is 209 g/mol. The van der Waals surface area contributed by atoms with Crippen molar-refractivity contribution < 1.29 is 9.18 Å². The summed E-state index contributed by atoms with van der Waals surface area (Å²) in [6.07, 6.45) is 0.981. The van der Waals surface area contributed by atoms with E-state index in [4.69, 9.17) is 0 Å². The van der Waals surface area contributed by atoms with Crippen LogP contribution in [-0.2, 0) is 4.79 Å². The highest BCUT2D eigenvalue weighted by atomic mass is 19.1. The summed E-state index contributed by atoms with van der Waals surface area (Å²) >= 11 is 0. The Labute approximate surface area is 93.3 Å². The molecular formula is C11H14FN3O. The lowest BCUT2D eigenvalue weighted by Crippen LogP contribution is -2.35. The summed E-state index contributed by atoms with van der Waals surface area (Å²) in [6, 6.07) is 3.15. The molecule has 0 bridgehead atoms. The zero-order valence-electron chi connectivity index (χ0n) is 9.03. The molecule has 1 fully saturated rings. The number of carbonyl (C=O) groups excluding carboxylic acids is 1. The van der Waals surface area contributed by atoms with Gasteiger partial charge in [0.1, 0.15) is 12.0 Å². The number of aromatic nitrogens is 1. The van der Waals surface area contributed by atoms with E-state index in [2.05, 4.69) is 15.6 Å². The van der Waals surface area contributed by atoms with Gasteiger partial charge in [0, 0.05) is 19.2 Å². The smallest absolute Gasteiger partial charge is 0.242 e. The fourth-order valence-electron chi connectivity index (χ4n) is 1.65. The highest BCUT2D eigenvalue weighted by Gasteiger charge is 2.29. The molecule has 0 aromatic carbocycles. The van der Waals surface area contributed by atoms with Crippen molar-refractivity contribution in [3.8, 4) is 0 Å². The Balaban J connectivity index is 1.94. The standard InChI is InChI=1S/C11H14FN3O/c1-7-2-3-10(14-5-7)15-11(16)9-4-8(12)6-13-9/h2-3,5,8-9,13H,4,6H2,1H3,(H,14,15,16)/t8-,9-/m0/s1. The third-order valence-corrected chi connectivity index (χ3v) is 2.56. The van der Waals surface area contributed by atoms with Crippen LogP contribution in [0.4, 0.5) is 10.2 Å². The van der Waals surface area contributed by atoms with Crippen LogP contribution in [0, 0.1) is 6.92 Å². The number of nitrogens with one attached hydrogen (secondary N) is 2. The van der Waals surface area contributed by atoms with Crippen LogP contribution in [0.25, 0.3) is 0 Å². The summed E-state index contributed by atoms with van der Waals surface area (Å²) in [5.74, 6) is 0.274. The molecule has 2 heterocycles. The number of aryl methyl sites for hydroxylation is 1. The third-order valence-electron chi connectivity index (χ3n) is 2.56. The number of halogens is 1. The van der Waals surface area contributed by atoms with Gasteiger partial charge in [0.25, 0.3) is 0 Å². The Morgan fingerprint density at radius 3 is 3.00 bits per heavy atom. The predicted octanol–water partition coefficient (Wildman–Crippen LogP) is 1.03. The van der Waals surface area contributed by atoms with Crippen molar-refractivity contribution in [3.63, 3.8) is 0 Å². The van der Waals surface area contributed by atoms with Gasteiger partial charge < -0.3 is 10.6 Å². The number of carbonyl (C=O) groups is 1. The van der Waals surface area contributed by atoms with Crippen molar-refractivity contribution >= 4 is 11.7 Å². The molecule has 1 amide bonds. The molecule has 2 N–H and O–H groups in total. The fourth-order valence-corrected chi connectivity index (χ4v) is 1.65. The van der Waals surface area contributed by atoms with Crippen LogP contribution in [0.3, 0.4) is 0 Å². The van der Waals surface area contributed by atoms with Crippen LogP contribution in [0.2, 0.25) is 0 Å². The van der Waals surface area contributed by atoms with E-state index in [1.165, 1.54) is 0 Å². The molecule has 1 aliphatic heterocycles. The molecule has 1 aromatic heterocycles. The quantitative estimate of drug-likeness (QED) is 0.787. The van der Waals surface area contributed by atoms with E-state index in [1.54, 1.807) is 12.3 Å². The van der Waals surface area contributed by atoms with E-state index in [0.717, 1.165) is 5.56 Å². The van der Waals surface area contributed by atoms with E-state index in [0.29, 0.717) is 5.82 Å². The van der Waals surface area contributed by atoms with Gasteiger partial charge in [-0.15, -0.1) is 0 Å². The lowest BCUT2D eigenvalue weighted by atomic mass is 10.2. The van der Waals surface area contributed by atoms with Crippen LogP contribution >= 0.6 is 0 Å². The van der Waals surface area contributed by atoms with Crippen molar-refractivity contribution in [2.75, 3.05) is 11.9 Å². The minimum atomic E-state index is -0.929. The predicted molar refractivity (Wildman–Crippen MR) is 58.9 cm³/mol. The van der Waals surface area contributed by atoms with Crippen LogP contribution < -0.4 is 10.6 Å². The summed E-state index contributed by atoms with van der Waals surface area (Å²) in [6.45, 7) is 2.17. The topological polar surface area (TPSA) is 54.0 Å². The van der Waals surface area contributed by atoms with E-state index in [1.807, 2.05) is 13.0 Å². The highest BCUT2D eigenvalue weighted by molar-refractivity contribution is 5.94. The number of rotatable bonds is 2. The van der Waals surface area contributed by atoms with Gasteiger partial charge in [-0.3, -0.25) is 4.79 Å². The van der Waals surface area contributed by atoms with Gasteiger partial charge in [0.15, 0.2) is 0 Å². The monoisotopic (exact) mass is 223 g/mol. The molecule has 1 saturated heterocycles. The highest BCUT2D eigenvalue weighted by Crippen LogP contribution is 2.12. The first-order valence-electron chi connectivity index (χ1n) is 5.26. The number of hydrogen-bond donors (Lipinski definition) is 2. The molecule has 5 heteroatoms. The number of hydrogen-bond acceptors (Lipinski definition) is 3. The zero-order valence-corrected chi connectivity index (χ0v) is 9.03. The fraction of sp³-hybridized carbons (Fsp3) is 0.455. The van der Waals surface area contributed by atoms with E-state index < -0.39 is 12.2 Å². The van der Waals surface area contributed by atoms with Gasteiger partial charge in [-0.1, -0.05) is 6.07 Å². The molecule has 1 aliphatic rings. The van der Waals surface area contributed by atoms with Crippen LogP contribution in [-0.4, -0.2) is 29.6 Å². The second-order valence-corrected chi connectivity index (χ2v) is 4.00. The molecule has 2 atom stereocenters. The third kappa shape index (κ3) is 2.55. The summed E-state index contributed by atoms with van der Waals surface area (Å²) < 4.78 is 12.9. The lowest BCUT2D eigenvalue weighted by Gasteiger charge is -2.10. The number of pyridine rings is 1. The maximum absolute atomic E-state index is 12.9. The number of alkyl halides is 1. The summed E-state index contributed by atoms with van der Waals surface area (Å²) in [5.41, 5.74) is 1.03. The van der Waals surface area contributed by atoms with Gasteiger partial charge in [0.2, 0.25) is 5.91 Å². The van der Waals surface area contributed by atoms with Gasteiger partial charge in [-0.05, 0) is 18.6 Å². The zero-order chi connectivity index (χ0) is 11.5. The first kappa shape index (κ1) is 11.0. The number of nitrogens with zero attached hydrogens (tertiary/aromatic N) is 1. The normalized spacial score (nSPS) is 24.4. The van der Waals surface area contributed by atoms with Crippen molar-refractivity contribution in [1.29, 1.82) is 0 Å². The molecule has 1 aromatic rings.